The third-order valence-electron chi connectivity index (χ3n) is 5.23. The zero-order chi connectivity index (χ0) is 24.8. The zero-order valence-electron chi connectivity index (χ0n) is 20.2. The molecular weight excluding hydrogens is 459 g/mol. The summed E-state index contributed by atoms with van der Waals surface area (Å²) < 4.78 is 5.94. The van der Waals surface area contributed by atoms with Crippen LogP contribution < -0.4 is 10.1 Å². The lowest BCUT2D eigenvalue weighted by atomic mass is 9.86. The number of hydrogen-bond donors (Lipinski definition) is 1. The van der Waals surface area contributed by atoms with Crippen molar-refractivity contribution in [1.82, 2.24) is 10.2 Å². The van der Waals surface area contributed by atoms with Gasteiger partial charge in [-0.1, -0.05) is 82.1 Å². The number of hydrogen-bond acceptors (Lipinski definition) is 3. The number of rotatable bonds is 9. The highest BCUT2D eigenvalue weighted by Crippen LogP contribution is 2.31. The minimum Gasteiger partial charge on any atom is -0.483 e. The molecule has 0 aliphatic heterocycles. The molecule has 0 saturated carbocycles. The smallest absolute Gasteiger partial charge is 0.261 e. The molecule has 7 heteroatoms. The number of carbonyl (C=O) groups is 2. The monoisotopic (exact) mass is 492 g/mol. The average Bonchev–Trinajstić information content (AvgIpc) is 2.75. The fraction of sp³-hybridized carbons (Fsp3) is 0.462. The Morgan fingerprint density at radius 2 is 1.70 bits per heavy atom. The van der Waals surface area contributed by atoms with Crippen LogP contribution in [0.25, 0.3) is 0 Å². The van der Waals surface area contributed by atoms with Gasteiger partial charge in [-0.2, -0.15) is 0 Å². The second-order valence-electron chi connectivity index (χ2n) is 9.62. The Morgan fingerprint density at radius 1 is 1.03 bits per heavy atom. The standard InChI is InChI=1S/C26H34Cl2N2O3/c1-17(2)14-29-25(32)18(3)30(15-19-11-12-21(27)22(28)13-19)24(31)16-33-23-10-8-7-9-20(23)26(4,5)6/h7-13,17-18H,14-16H2,1-6H3,(H,29,32)/t18-/m1/s1. The van der Waals surface area contributed by atoms with E-state index in [-0.39, 0.29) is 30.4 Å². The number of benzene rings is 2. The predicted octanol–water partition coefficient (Wildman–Crippen LogP) is 5.86. The van der Waals surface area contributed by atoms with E-state index in [4.69, 9.17) is 27.9 Å². The maximum Gasteiger partial charge on any atom is 0.261 e. The van der Waals surface area contributed by atoms with Crippen LogP contribution in [0.4, 0.5) is 0 Å². The summed E-state index contributed by atoms with van der Waals surface area (Å²) in [4.78, 5) is 27.6. The number of para-hydroxylation sites is 1. The first kappa shape index (κ1) is 27.0. The first-order valence-corrected chi connectivity index (χ1v) is 11.9. The summed E-state index contributed by atoms with van der Waals surface area (Å²) in [5, 5.41) is 3.74. The van der Waals surface area contributed by atoms with Gasteiger partial charge in [0.15, 0.2) is 6.61 Å². The molecule has 0 aliphatic carbocycles. The molecule has 0 saturated heterocycles. The van der Waals surface area contributed by atoms with E-state index in [1.807, 2.05) is 38.1 Å². The number of halogens is 2. The number of ether oxygens (including phenoxy) is 1. The number of carbonyl (C=O) groups excluding carboxylic acids is 2. The predicted molar refractivity (Wildman–Crippen MR) is 135 cm³/mol. The van der Waals surface area contributed by atoms with Crippen molar-refractivity contribution >= 4 is 35.0 Å². The molecule has 2 amide bonds. The molecule has 1 N–H and O–H groups in total. The van der Waals surface area contributed by atoms with Crippen molar-refractivity contribution in [2.75, 3.05) is 13.2 Å². The van der Waals surface area contributed by atoms with Gasteiger partial charge < -0.3 is 15.0 Å². The molecule has 2 rings (SSSR count). The van der Waals surface area contributed by atoms with E-state index < -0.39 is 6.04 Å². The van der Waals surface area contributed by atoms with Crippen LogP contribution in [0.5, 0.6) is 5.75 Å². The molecular formula is C26H34Cl2N2O3. The van der Waals surface area contributed by atoms with Crippen molar-refractivity contribution in [2.45, 2.75) is 59.5 Å². The fourth-order valence-electron chi connectivity index (χ4n) is 3.30. The van der Waals surface area contributed by atoms with Crippen LogP contribution in [0.2, 0.25) is 10.0 Å². The molecule has 0 aliphatic rings. The van der Waals surface area contributed by atoms with Crippen LogP contribution in [0.15, 0.2) is 42.5 Å². The second kappa shape index (κ2) is 11.8. The van der Waals surface area contributed by atoms with E-state index in [1.165, 1.54) is 4.90 Å². The minimum absolute atomic E-state index is 0.136. The van der Waals surface area contributed by atoms with Gasteiger partial charge in [-0.05, 0) is 47.6 Å². The summed E-state index contributed by atoms with van der Waals surface area (Å²) >= 11 is 12.2. The minimum atomic E-state index is -0.688. The summed E-state index contributed by atoms with van der Waals surface area (Å²) in [6.07, 6.45) is 0. The molecule has 0 heterocycles. The third kappa shape index (κ3) is 7.94. The first-order valence-electron chi connectivity index (χ1n) is 11.1. The van der Waals surface area contributed by atoms with Gasteiger partial charge in [-0.3, -0.25) is 9.59 Å². The average molecular weight is 493 g/mol. The van der Waals surface area contributed by atoms with Crippen LogP contribution in [-0.2, 0) is 21.5 Å². The largest absolute Gasteiger partial charge is 0.483 e. The molecule has 180 valence electrons. The van der Waals surface area contributed by atoms with Crippen molar-refractivity contribution in [3.63, 3.8) is 0 Å². The van der Waals surface area contributed by atoms with Crippen LogP contribution in [-0.4, -0.2) is 35.9 Å². The number of nitrogens with one attached hydrogen (secondary N) is 1. The van der Waals surface area contributed by atoms with Gasteiger partial charge in [0.2, 0.25) is 5.91 Å². The molecule has 1 atom stereocenters. The summed E-state index contributed by atoms with van der Waals surface area (Å²) in [5.41, 5.74) is 1.65. The lowest BCUT2D eigenvalue weighted by Crippen LogP contribution is -2.49. The number of nitrogens with zero attached hydrogens (tertiary/aromatic N) is 1. The van der Waals surface area contributed by atoms with Gasteiger partial charge in [0.05, 0.1) is 10.0 Å². The zero-order valence-corrected chi connectivity index (χ0v) is 21.8. The molecule has 33 heavy (non-hydrogen) atoms. The van der Waals surface area contributed by atoms with Crippen LogP contribution >= 0.6 is 23.2 Å². The molecule has 2 aromatic rings. The van der Waals surface area contributed by atoms with Gasteiger partial charge in [0.1, 0.15) is 11.8 Å². The van der Waals surface area contributed by atoms with E-state index in [2.05, 4.69) is 26.1 Å². The van der Waals surface area contributed by atoms with Crippen LogP contribution in [0.3, 0.4) is 0 Å². The van der Waals surface area contributed by atoms with Gasteiger partial charge in [0.25, 0.3) is 5.91 Å². The highest BCUT2D eigenvalue weighted by atomic mass is 35.5. The van der Waals surface area contributed by atoms with E-state index in [1.54, 1.807) is 25.1 Å². The molecule has 5 nitrogen and oxygen atoms in total. The molecule has 0 aromatic heterocycles. The summed E-state index contributed by atoms with van der Waals surface area (Å²) in [7, 11) is 0. The molecule has 0 bridgehead atoms. The Bertz CT molecular complexity index is 970. The SMILES string of the molecule is CC(C)CNC(=O)[C@@H](C)N(Cc1ccc(Cl)c(Cl)c1)C(=O)COc1ccccc1C(C)(C)C. The summed E-state index contributed by atoms with van der Waals surface area (Å²) in [6, 6.07) is 12.2. The van der Waals surface area contributed by atoms with E-state index in [9.17, 15) is 9.59 Å². The maximum absolute atomic E-state index is 13.3. The van der Waals surface area contributed by atoms with Crippen LogP contribution in [0.1, 0.15) is 52.7 Å². The van der Waals surface area contributed by atoms with E-state index >= 15 is 0 Å². The lowest BCUT2D eigenvalue weighted by molar-refractivity contribution is -0.142. The Labute approximate surface area is 207 Å². The summed E-state index contributed by atoms with van der Waals surface area (Å²) in [6.45, 7) is 12.6. The van der Waals surface area contributed by atoms with Crippen molar-refractivity contribution in [1.29, 1.82) is 0 Å². The van der Waals surface area contributed by atoms with Crippen molar-refractivity contribution in [3.05, 3.63) is 63.6 Å². The number of amides is 2. The third-order valence-corrected chi connectivity index (χ3v) is 5.97. The second-order valence-corrected chi connectivity index (χ2v) is 10.4. The van der Waals surface area contributed by atoms with Gasteiger partial charge in [-0.25, -0.2) is 0 Å². The fourth-order valence-corrected chi connectivity index (χ4v) is 3.62. The van der Waals surface area contributed by atoms with Gasteiger partial charge in [-0.15, -0.1) is 0 Å². The topological polar surface area (TPSA) is 58.6 Å². The Kier molecular flexibility index (Phi) is 9.62. The van der Waals surface area contributed by atoms with Gasteiger partial charge in [0, 0.05) is 13.1 Å². The Hall–Kier alpha value is -2.24. The molecule has 0 spiro atoms. The highest BCUT2D eigenvalue weighted by molar-refractivity contribution is 6.42. The molecule has 2 aromatic carbocycles. The van der Waals surface area contributed by atoms with Crippen LogP contribution in [0, 0.1) is 5.92 Å². The maximum atomic E-state index is 13.3. The quantitative estimate of drug-likeness (QED) is 0.476. The summed E-state index contributed by atoms with van der Waals surface area (Å²) in [5.74, 6) is 0.450. The van der Waals surface area contributed by atoms with Crippen molar-refractivity contribution < 1.29 is 14.3 Å². The molecule has 0 unspecified atom stereocenters. The van der Waals surface area contributed by atoms with E-state index in [0.29, 0.717) is 28.3 Å². The van der Waals surface area contributed by atoms with Crippen molar-refractivity contribution in [3.8, 4) is 5.75 Å². The first-order chi connectivity index (χ1) is 15.4. The Balaban J connectivity index is 2.24. The normalized spacial score (nSPS) is 12.4. The van der Waals surface area contributed by atoms with Crippen molar-refractivity contribution in [2.24, 2.45) is 5.92 Å². The lowest BCUT2D eigenvalue weighted by Gasteiger charge is -2.29. The highest BCUT2D eigenvalue weighted by Gasteiger charge is 2.27. The van der Waals surface area contributed by atoms with Gasteiger partial charge >= 0.3 is 0 Å². The molecule has 0 radical (unpaired) electrons. The molecule has 0 fully saturated rings. The Morgan fingerprint density at radius 3 is 2.30 bits per heavy atom. The van der Waals surface area contributed by atoms with E-state index in [0.717, 1.165) is 11.1 Å².